The van der Waals surface area contributed by atoms with Crippen molar-refractivity contribution < 1.29 is 0 Å². The molecule has 0 fully saturated rings. The van der Waals surface area contributed by atoms with Gasteiger partial charge in [-0.05, 0) is 62.2 Å². The summed E-state index contributed by atoms with van der Waals surface area (Å²) in [6.07, 6.45) is 0. The van der Waals surface area contributed by atoms with E-state index >= 15 is 0 Å². The molecule has 0 unspecified atom stereocenters. The highest BCUT2D eigenvalue weighted by molar-refractivity contribution is 9.10. The van der Waals surface area contributed by atoms with Crippen LogP contribution in [0.4, 0.5) is 11.4 Å². The average Bonchev–Trinajstić information content (AvgIpc) is 2.33. The summed E-state index contributed by atoms with van der Waals surface area (Å²) >= 11 is 17.9. The van der Waals surface area contributed by atoms with Crippen LogP contribution < -0.4 is 11.1 Å². The van der Waals surface area contributed by atoms with Crippen molar-refractivity contribution in [3.05, 3.63) is 55.9 Å². The van der Waals surface area contributed by atoms with Crippen LogP contribution >= 0.6 is 55.7 Å². The Kier molecular flexibility index (Phi) is 4.84. The predicted octanol–water partition coefficient (Wildman–Crippen LogP) is 5.24. The quantitative estimate of drug-likeness (QED) is 0.667. The topological polar surface area (TPSA) is 38.0 Å². The third kappa shape index (κ3) is 3.48. The second-order valence-electron chi connectivity index (χ2n) is 3.78. The van der Waals surface area contributed by atoms with Gasteiger partial charge in [0, 0.05) is 25.9 Å². The zero-order chi connectivity index (χ0) is 14.0. The fourth-order valence-electron chi connectivity index (χ4n) is 1.61. The standard InChI is InChI=1S/C13H9Br2ClN2S/c14-8-5-4-7(6-10(8)16)18-11-3-1-2-9(15)12(11)13(17)19/h1-6,18H,(H2,17,19). The molecule has 2 aromatic rings. The molecule has 0 bridgehead atoms. The van der Waals surface area contributed by atoms with Gasteiger partial charge in [-0.3, -0.25) is 0 Å². The normalized spacial score (nSPS) is 10.3. The van der Waals surface area contributed by atoms with E-state index in [1.165, 1.54) is 0 Å². The highest BCUT2D eigenvalue weighted by Gasteiger charge is 2.10. The molecule has 0 amide bonds. The fourth-order valence-corrected chi connectivity index (χ4v) is 2.97. The van der Waals surface area contributed by atoms with Gasteiger partial charge in [-0.25, -0.2) is 0 Å². The molecule has 0 aliphatic rings. The van der Waals surface area contributed by atoms with Crippen molar-refractivity contribution in [1.29, 1.82) is 0 Å². The maximum absolute atomic E-state index is 6.07. The Balaban J connectivity index is 2.40. The molecule has 98 valence electrons. The van der Waals surface area contributed by atoms with E-state index in [1.807, 2.05) is 36.4 Å². The van der Waals surface area contributed by atoms with Gasteiger partial charge >= 0.3 is 0 Å². The molecule has 0 spiro atoms. The molecule has 0 saturated heterocycles. The lowest BCUT2D eigenvalue weighted by atomic mass is 10.1. The minimum Gasteiger partial charge on any atom is -0.389 e. The van der Waals surface area contributed by atoms with Crippen molar-refractivity contribution in [2.24, 2.45) is 5.73 Å². The molecule has 3 N–H and O–H groups in total. The molecule has 2 aromatic carbocycles. The molecule has 2 nitrogen and oxygen atoms in total. The zero-order valence-electron chi connectivity index (χ0n) is 9.58. The number of thiocarbonyl (C=S) groups is 1. The first-order valence-electron chi connectivity index (χ1n) is 5.29. The molecule has 0 radical (unpaired) electrons. The number of nitrogens with two attached hydrogens (primary N) is 1. The number of rotatable bonds is 3. The summed E-state index contributed by atoms with van der Waals surface area (Å²) in [6.45, 7) is 0. The lowest BCUT2D eigenvalue weighted by molar-refractivity contribution is 1.49. The largest absolute Gasteiger partial charge is 0.389 e. The van der Waals surface area contributed by atoms with E-state index in [0.29, 0.717) is 10.0 Å². The predicted molar refractivity (Wildman–Crippen MR) is 92.5 cm³/mol. The van der Waals surface area contributed by atoms with Crippen LogP contribution in [0.15, 0.2) is 45.3 Å². The third-order valence-electron chi connectivity index (χ3n) is 2.46. The number of hydrogen-bond acceptors (Lipinski definition) is 2. The first-order valence-corrected chi connectivity index (χ1v) is 7.66. The number of anilines is 2. The molecule has 0 aliphatic heterocycles. The summed E-state index contributed by atoms with van der Waals surface area (Å²) in [5.74, 6) is 0. The number of halogens is 3. The van der Waals surface area contributed by atoms with E-state index in [0.717, 1.165) is 25.9 Å². The van der Waals surface area contributed by atoms with Crippen molar-refractivity contribution in [1.82, 2.24) is 0 Å². The van der Waals surface area contributed by atoms with E-state index < -0.39 is 0 Å². The van der Waals surface area contributed by atoms with Crippen LogP contribution in [0.5, 0.6) is 0 Å². The lowest BCUT2D eigenvalue weighted by Crippen LogP contribution is -2.12. The third-order valence-corrected chi connectivity index (χ3v) is 4.56. The first-order chi connectivity index (χ1) is 8.99. The van der Waals surface area contributed by atoms with Gasteiger partial charge in [0.25, 0.3) is 0 Å². The van der Waals surface area contributed by atoms with Gasteiger partial charge in [0.05, 0.1) is 5.02 Å². The molecule has 0 aromatic heterocycles. The van der Waals surface area contributed by atoms with Crippen LogP contribution in [-0.2, 0) is 0 Å². The molecule has 2 rings (SSSR count). The van der Waals surface area contributed by atoms with E-state index in [4.69, 9.17) is 29.6 Å². The summed E-state index contributed by atoms with van der Waals surface area (Å²) in [7, 11) is 0. The van der Waals surface area contributed by atoms with Gasteiger partial charge in [-0.2, -0.15) is 0 Å². The summed E-state index contributed by atoms with van der Waals surface area (Å²) in [6, 6.07) is 11.3. The highest BCUT2D eigenvalue weighted by atomic mass is 79.9. The molecule has 19 heavy (non-hydrogen) atoms. The van der Waals surface area contributed by atoms with Gasteiger partial charge < -0.3 is 11.1 Å². The Labute approximate surface area is 138 Å². The number of hydrogen-bond donors (Lipinski definition) is 2. The van der Waals surface area contributed by atoms with E-state index in [2.05, 4.69) is 37.2 Å². The Hall–Kier alpha value is -0.620. The van der Waals surface area contributed by atoms with Crippen LogP contribution in [0.25, 0.3) is 0 Å². The van der Waals surface area contributed by atoms with Crippen molar-refractivity contribution in [2.75, 3.05) is 5.32 Å². The van der Waals surface area contributed by atoms with Crippen LogP contribution in [0, 0.1) is 0 Å². The summed E-state index contributed by atoms with van der Waals surface area (Å²) in [4.78, 5) is 0.332. The Bertz CT molecular complexity index is 647. The first kappa shape index (κ1) is 14.8. The monoisotopic (exact) mass is 418 g/mol. The van der Waals surface area contributed by atoms with Crippen molar-refractivity contribution in [3.63, 3.8) is 0 Å². The zero-order valence-corrected chi connectivity index (χ0v) is 14.3. The van der Waals surface area contributed by atoms with Gasteiger partial charge in [0.1, 0.15) is 4.99 Å². The van der Waals surface area contributed by atoms with Gasteiger partial charge in [-0.1, -0.05) is 29.9 Å². The molecular formula is C13H9Br2ClN2S. The minimum atomic E-state index is 0.332. The average molecular weight is 421 g/mol. The molecular weight excluding hydrogens is 411 g/mol. The van der Waals surface area contributed by atoms with Crippen LogP contribution in [0.2, 0.25) is 5.02 Å². The van der Waals surface area contributed by atoms with E-state index in [-0.39, 0.29) is 0 Å². The minimum absolute atomic E-state index is 0.332. The highest BCUT2D eigenvalue weighted by Crippen LogP contribution is 2.30. The van der Waals surface area contributed by atoms with Gasteiger partial charge in [0.15, 0.2) is 0 Å². The molecule has 0 aliphatic carbocycles. The summed E-state index contributed by atoms with van der Waals surface area (Å²) < 4.78 is 1.71. The lowest BCUT2D eigenvalue weighted by Gasteiger charge is -2.13. The van der Waals surface area contributed by atoms with E-state index in [1.54, 1.807) is 0 Å². The maximum Gasteiger partial charge on any atom is 0.107 e. The second-order valence-corrected chi connectivity index (χ2v) is 6.34. The Morgan fingerprint density at radius 1 is 1.16 bits per heavy atom. The molecule has 0 atom stereocenters. The van der Waals surface area contributed by atoms with Gasteiger partial charge in [-0.15, -0.1) is 0 Å². The molecule has 0 saturated carbocycles. The fraction of sp³-hybridized carbons (Fsp3) is 0. The van der Waals surface area contributed by atoms with Crippen LogP contribution in [0.1, 0.15) is 5.56 Å². The van der Waals surface area contributed by atoms with Crippen LogP contribution in [-0.4, -0.2) is 4.99 Å². The van der Waals surface area contributed by atoms with Crippen molar-refractivity contribution in [3.8, 4) is 0 Å². The summed E-state index contributed by atoms with van der Waals surface area (Å²) in [5.41, 5.74) is 8.22. The maximum atomic E-state index is 6.07. The number of nitrogens with one attached hydrogen (secondary N) is 1. The van der Waals surface area contributed by atoms with E-state index in [9.17, 15) is 0 Å². The smallest absolute Gasteiger partial charge is 0.107 e. The van der Waals surface area contributed by atoms with Crippen molar-refractivity contribution in [2.45, 2.75) is 0 Å². The molecule has 6 heteroatoms. The van der Waals surface area contributed by atoms with Crippen molar-refractivity contribution >= 4 is 72.0 Å². The van der Waals surface area contributed by atoms with Crippen LogP contribution in [0.3, 0.4) is 0 Å². The number of benzene rings is 2. The summed E-state index contributed by atoms with van der Waals surface area (Å²) in [5, 5.41) is 3.90. The van der Waals surface area contributed by atoms with Gasteiger partial charge in [0.2, 0.25) is 0 Å². The Morgan fingerprint density at radius 2 is 1.89 bits per heavy atom. The second kappa shape index (κ2) is 6.22. The Morgan fingerprint density at radius 3 is 2.53 bits per heavy atom. The SMILES string of the molecule is NC(=S)c1c(Br)cccc1Nc1ccc(Br)c(Cl)c1. The molecule has 0 heterocycles.